The lowest BCUT2D eigenvalue weighted by Crippen LogP contribution is -2.37. The summed E-state index contributed by atoms with van der Waals surface area (Å²) in [5.74, 6) is -0.227. The van der Waals surface area contributed by atoms with Crippen molar-refractivity contribution in [2.45, 2.75) is 51.3 Å². The van der Waals surface area contributed by atoms with Gasteiger partial charge in [-0.1, -0.05) is 12.1 Å². The predicted molar refractivity (Wildman–Crippen MR) is 90.9 cm³/mol. The Bertz CT molecular complexity index is 493. The van der Waals surface area contributed by atoms with Gasteiger partial charge >= 0.3 is 0 Å². The quantitative estimate of drug-likeness (QED) is 0.827. The van der Waals surface area contributed by atoms with E-state index in [0.29, 0.717) is 25.9 Å². The molecule has 0 bridgehead atoms. The largest absolute Gasteiger partial charge is 0.376 e. The highest BCUT2D eigenvalue weighted by atomic mass is 35.5. The fourth-order valence-corrected chi connectivity index (χ4v) is 2.65. The van der Waals surface area contributed by atoms with Crippen LogP contribution < -0.4 is 5.73 Å². The maximum Gasteiger partial charge on any atom is 0.223 e. The Balaban J connectivity index is 0.00000264. The fraction of sp³-hybridized carbons (Fsp3) is 0.588. The van der Waals surface area contributed by atoms with Crippen LogP contribution in [0.4, 0.5) is 4.39 Å². The van der Waals surface area contributed by atoms with E-state index in [9.17, 15) is 9.18 Å². The molecule has 1 aromatic carbocycles. The zero-order valence-electron chi connectivity index (χ0n) is 13.5. The van der Waals surface area contributed by atoms with Crippen LogP contribution >= 0.6 is 12.4 Å². The molecule has 0 saturated carbocycles. The van der Waals surface area contributed by atoms with Gasteiger partial charge in [0, 0.05) is 32.2 Å². The summed E-state index contributed by atoms with van der Waals surface area (Å²) >= 11 is 0. The molecule has 0 spiro atoms. The van der Waals surface area contributed by atoms with Gasteiger partial charge < -0.3 is 15.4 Å². The maximum atomic E-state index is 13.3. The molecule has 23 heavy (non-hydrogen) atoms. The summed E-state index contributed by atoms with van der Waals surface area (Å²) in [4.78, 5) is 14.2. The topological polar surface area (TPSA) is 55.6 Å². The molecule has 1 amide bonds. The number of nitrogens with two attached hydrogens (primary N) is 1. The molecule has 130 valence electrons. The fourth-order valence-electron chi connectivity index (χ4n) is 2.65. The highest BCUT2D eigenvalue weighted by Crippen LogP contribution is 2.17. The van der Waals surface area contributed by atoms with Crippen LogP contribution in [0.2, 0.25) is 0 Å². The van der Waals surface area contributed by atoms with Crippen molar-refractivity contribution in [3.05, 3.63) is 35.6 Å². The van der Waals surface area contributed by atoms with Gasteiger partial charge in [-0.15, -0.1) is 12.4 Å². The zero-order chi connectivity index (χ0) is 15.9. The average molecular weight is 345 g/mol. The number of nitrogens with zero attached hydrogens (tertiary/aromatic N) is 1. The number of ether oxygens (including phenoxy) is 1. The van der Waals surface area contributed by atoms with Crippen molar-refractivity contribution in [1.82, 2.24) is 4.90 Å². The van der Waals surface area contributed by atoms with Crippen LogP contribution in [-0.4, -0.2) is 36.1 Å². The van der Waals surface area contributed by atoms with Crippen molar-refractivity contribution in [1.29, 1.82) is 0 Å². The third kappa shape index (κ3) is 6.85. The Labute approximate surface area is 143 Å². The van der Waals surface area contributed by atoms with E-state index in [-0.39, 0.29) is 36.3 Å². The third-order valence-corrected chi connectivity index (χ3v) is 3.88. The minimum atomic E-state index is -0.280. The lowest BCUT2D eigenvalue weighted by Gasteiger charge is -2.26. The van der Waals surface area contributed by atoms with Crippen molar-refractivity contribution in [2.75, 3.05) is 13.2 Å². The van der Waals surface area contributed by atoms with E-state index in [2.05, 4.69) is 0 Å². The summed E-state index contributed by atoms with van der Waals surface area (Å²) in [6.07, 6.45) is 3.17. The number of carbonyl (C=O) groups is 1. The predicted octanol–water partition coefficient (Wildman–Crippen LogP) is 2.88. The molecule has 4 nitrogen and oxygen atoms in total. The second kappa shape index (κ2) is 9.85. The molecule has 2 unspecified atom stereocenters. The molecular weight excluding hydrogens is 319 g/mol. The van der Waals surface area contributed by atoms with Crippen molar-refractivity contribution in [2.24, 2.45) is 5.73 Å². The third-order valence-electron chi connectivity index (χ3n) is 3.88. The number of carbonyl (C=O) groups excluding carboxylic acids is 1. The Morgan fingerprint density at radius 1 is 1.52 bits per heavy atom. The van der Waals surface area contributed by atoms with E-state index in [1.54, 1.807) is 11.0 Å². The number of rotatable bonds is 7. The van der Waals surface area contributed by atoms with E-state index in [0.717, 1.165) is 25.0 Å². The highest BCUT2D eigenvalue weighted by molar-refractivity contribution is 5.85. The normalized spacial score (nSPS) is 18.3. The van der Waals surface area contributed by atoms with Crippen LogP contribution in [0.25, 0.3) is 0 Å². The van der Waals surface area contributed by atoms with E-state index in [1.165, 1.54) is 12.1 Å². The minimum Gasteiger partial charge on any atom is -0.376 e. The summed E-state index contributed by atoms with van der Waals surface area (Å²) in [6.45, 7) is 3.63. The van der Waals surface area contributed by atoms with Gasteiger partial charge in [-0.3, -0.25) is 4.79 Å². The van der Waals surface area contributed by atoms with Crippen LogP contribution in [0, 0.1) is 5.82 Å². The number of benzene rings is 1. The summed E-state index contributed by atoms with van der Waals surface area (Å²) in [6, 6.07) is 6.39. The van der Waals surface area contributed by atoms with E-state index < -0.39 is 0 Å². The van der Waals surface area contributed by atoms with Gasteiger partial charge in [-0.05, 0) is 43.9 Å². The molecule has 0 radical (unpaired) electrons. The van der Waals surface area contributed by atoms with Crippen molar-refractivity contribution in [3.8, 4) is 0 Å². The molecule has 2 rings (SSSR count). The monoisotopic (exact) mass is 344 g/mol. The Hall–Kier alpha value is -1.17. The molecule has 1 heterocycles. The van der Waals surface area contributed by atoms with Crippen molar-refractivity contribution in [3.63, 3.8) is 0 Å². The smallest absolute Gasteiger partial charge is 0.223 e. The molecule has 1 aliphatic heterocycles. The molecule has 6 heteroatoms. The first-order chi connectivity index (χ1) is 10.5. The van der Waals surface area contributed by atoms with Crippen LogP contribution in [0.3, 0.4) is 0 Å². The van der Waals surface area contributed by atoms with Gasteiger partial charge in [-0.25, -0.2) is 4.39 Å². The van der Waals surface area contributed by atoms with Gasteiger partial charge in [-0.2, -0.15) is 0 Å². The molecule has 1 saturated heterocycles. The summed E-state index contributed by atoms with van der Waals surface area (Å²) in [7, 11) is 0. The summed E-state index contributed by atoms with van der Waals surface area (Å²) in [5, 5.41) is 0. The second-order valence-corrected chi connectivity index (χ2v) is 6.06. The summed E-state index contributed by atoms with van der Waals surface area (Å²) < 4.78 is 19.0. The number of hydrogen-bond donors (Lipinski definition) is 1. The van der Waals surface area contributed by atoms with Crippen LogP contribution in [0.1, 0.15) is 38.2 Å². The molecule has 0 aliphatic carbocycles. The van der Waals surface area contributed by atoms with Gasteiger partial charge in [0.25, 0.3) is 0 Å². The van der Waals surface area contributed by atoms with E-state index in [1.807, 2.05) is 13.0 Å². The molecular formula is C17H26ClFN2O2. The van der Waals surface area contributed by atoms with Crippen molar-refractivity contribution < 1.29 is 13.9 Å². The second-order valence-electron chi connectivity index (χ2n) is 6.06. The minimum absolute atomic E-state index is 0. The van der Waals surface area contributed by atoms with Gasteiger partial charge in [0.05, 0.1) is 6.10 Å². The molecule has 1 aliphatic rings. The summed E-state index contributed by atoms with van der Waals surface area (Å²) in [5.41, 5.74) is 6.53. The number of amides is 1. The molecule has 2 atom stereocenters. The Kier molecular flexibility index (Phi) is 8.52. The average Bonchev–Trinajstić information content (AvgIpc) is 2.97. The molecule has 0 aromatic heterocycles. The van der Waals surface area contributed by atoms with Gasteiger partial charge in [0.2, 0.25) is 5.91 Å². The van der Waals surface area contributed by atoms with Crippen LogP contribution in [-0.2, 0) is 16.1 Å². The molecule has 2 N–H and O–H groups in total. The maximum absolute atomic E-state index is 13.3. The first kappa shape index (κ1) is 19.9. The standard InChI is InChI=1S/C17H25FN2O2.ClH/c1-13(19)7-8-17(21)20(12-16-6-3-9-22-16)11-14-4-2-5-15(18)10-14;/h2,4-5,10,13,16H,3,6-9,11-12,19H2,1H3;1H. The SMILES string of the molecule is CC(N)CCC(=O)N(Cc1cccc(F)c1)CC1CCCO1.Cl. The zero-order valence-corrected chi connectivity index (χ0v) is 14.4. The first-order valence-corrected chi connectivity index (χ1v) is 7.94. The molecule has 1 fully saturated rings. The van der Waals surface area contributed by atoms with Crippen LogP contribution in [0.5, 0.6) is 0 Å². The van der Waals surface area contributed by atoms with Gasteiger partial charge in [0.15, 0.2) is 0 Å². The lowest BCUT2D eigenvalue weighted by molar-refractivity contribution is -0.133. The Morgan fingerprint density at radius 3 is 2.91 bits per heavy atom. The van der Waals surface area contributed by atoms with E-state index in [4.69, 9.17) is 10.5 Å². The Morgan fingerprint density at radius 2 is 2.30 bits per heavy atom. The number of halogens is 2. The van der Waals surface area contributed by atoms with Crippen LogP contribution in [0.15, 0.2) is 24.3 Å². The van der Waals surface area contributed by atoms with Gasteiger partial charge in [0.1, 0.15) is 5.82 Å². The lowest BCUT2D eigenvalue weighted by atomic mass is 10.1. The van der Waals surface area contributed by atoms with Crippen molar-refractivity contribution >= 4 is 18.3 Å². The molecule has 1 aromatic rings. The first-order valence-electron chi connectivity index (χ1n) is 7.94. The number of hydrogen-bond acceptors (Lipinski definition) is 3. The highest BCUT2D eigenvalue weighted by Gasteiger charge is 2.22. The van der Waals surface area contributed by atoms with E-state index >= 15 is 0 Å².